The van der Waals surface area contributed by atoms with Crippen molar-refractivity contribution in [3.8, 4) is 11.5 Å². The summed E-state index contributed by atoms with van der Waals surface area (Å²) in [6.45, 7) is 3.87. The van der Waals surface area contributed by atoms with Crippen molar-refractivity contribution < 1.29 is 9.47 Å². The summed E-state index contributed by atoms with van der Waals surface area (Å²) in [6.07, 6.45) is 7.07. The van der Waals surface area contributed by atoms with E-state index in [9.17, 15) is 0 Å². The molecule has 3 aromatic rings. The molecular weight excluding hydrogens is 444 g/mol. The topological polar surface area (TPSA) is 34.6 Å². The second kappa shape index (κ2) is 10.6. The number of benzene rings is 2. The Balaban J connectivity index is 1.26. The molecule has 0 saturated carbocycles. The minimum absolute atomic E-state index is 0.691. The van der Waals surface area contributed by atoms with Crippen LogP contribution in [0.5, 0.6) is 11.5 Å². The summed E-state index contributed by atoms with van der Waals surface area (Å²) in [5.74, 6) is 1.60. The standard InChI is InChI=1S/C29H31ClN2O2/c1-33-26-7-2-3-8-27(26)34-19-5-16-32-17-13-21(14-18-32)28-25-12-11-24(30)20-23(25)10-9-22-6-4-15-31-29(22)28/h2-4,6-8,11-12,15,20H,5,9-10,13-14,16-19H2,1H3. The maximum absolute atomic E-state index is 6.35. The van der Waals surface area contributed by atoms with Gasteiger partial charge in [0.15, 0.2) is 11.5 Å². The van der Waals surface area contributed by atoms with E-state index in [1.807, 2.05) is 36.5 Å². The molecule has 1 saturated heterocycles. The van der Waals surface area contributed by atoms with E-state index in [0.29, 0.717) is 6.61 Å². The van der Waals surface area contributed by atoms with Gasteiger partial charge in [-0.05, 0) is 79.1 Å². The van der Waals surface area contributed by atoms with Crippen LogP contribution in [0.1, 0.15) is 41.6 Å². The Kier molecular flexibility index (Phi) is 7.17. The third kappa shape index (κ3) is 4.98. The predicted octanol–water partition coefficient (Wildman–Crippen LogP) is 6.21. The lowest BCUT2D eigenvalue weighted by Crippen LogP contribution is -2.32. The van der Waals surface area contributed by atoms with Gasteiger partial charge in [-0.3, -0.25) is 4.98 Å². The molecule has 2 heterocycles. The van der Waals surface area contributed by atoms with Crippen molar-refractivity contribution in [3.63, 3.8) is 0 Å². The lowest BCUT2D eigenvalue weighted by atomic mass is 9.88. The smallest absolute Gasteiger partial charge is 0.161 e. The number of hydrogen-bond donors (Lipinski definition) is 0. The average molecular weight is 475 g/mol. The molecule has 0 amide bonds. The number of pyridine rings is 1. The van der Waals surface area contributed by atoms with Crippen LogP contribution in [0.25, 0.3) is 5.57 Å². The maximum Gasteiger partial charge on any atom is 0.161 e. The number of aromatic nitrogens is 1. The molecule has 2 aromatic carbocycles. The van der Waals surface area contributed by atoms with Crippen LogP contribution in [0.3, 0.4) is 0 Å². The van der Waals surface area contributed by atoms with Crippen molar-refractivity contribution in [1.82, 2.24) is 9.88 Å². The molecule has 1 aliphatic heterocycles. The van der Waals surface area contributed by atoms with Gasteiger partial charge in [0.2, 0.25) is 0 Å². The maximum atomic E-state index is 6.35. The third-order valence-corrected chi connectivity index (χ3v) is 7.12. The second-order valence-corrected chi connectivity index (χ2v) is 9.42. The number of ether oxygens (including phenoxy) is 2. The molecule has 0 N–H and O–H groups in total. The fourth-order valence-electron chi connectivity index (χ4n) is 5.14. The molecule has 176 valence electrons. The minimum atomic E-state index is 0.691. The van der Waals surface area contributed by atoms with Crippen molar-refractivity contribution in [2.24, 2.45) is 0 Å². The average Bonchev–Trinajstić information content (AvgIpc) is 3.04. The van der Waals surface area contributed by atoms with E-state index >= 15 is 0 Å². The summed E-state index contributed by atoms with van der Waals surface area (Å²) in [5.41, 5.74) is 8.02. The highest BCUT2D eigenvalue weighted by atomic mass is 35.5. The highest BCUT2D eigenvalue weighted by molar-refractivity contribution is 6.30. The Morgan fingerprint density at radius 1 is 0.912 bits per heavy atom. The molecule has 1 aromatic heterocycles. The summed E-state index contributed by atoms with van der Waals surface area (Å²) in [7, 11) is 1.68. The van der Waals surface area contributed by atoms with Crippen molar-refractivity contribution in [1.29, 1.82) is 0 Å². The molecule has 4 nitrogen and oxygen atoms in total. The Morgan fingerprint density at radius 2 is 1.71 bits per heavy atom. The van der Waals surface area contributed by atoms with E-state index in [-0.39, 0.29) is 0 Å². The molecule has 0 radical (unpaired) electrons. The van der Waals surface area contributed by atoms with Crippen LogP contribution in [0, 0.1) is 0 Å². The van der Waals surface area contributed by atoms with Crippen LogP contribution < -0.4 is 9.47 Å². The van der Waals surface area contributed by atoms with E-state index in [1.165, 1.54) is 27.8 Å². The molecule has 0 unspecified atom stereocenters. The number of hydrogen-bond acceptors (Lipinski definition) is 4. The molecular formula is C29H31ClN2O2. The second-order valence-electron chi connectivity index (χ2n) is 8.99. The summed E-state index contributed by atoms with van der Waals surface area (Å²) < 4.78 is 11.3. The number of halogens is 1. The van der Waals surface area contributed by atoms with E-state index in [0.717, 1.165) is 74.0 Å². The van der Waals surface area contributed by atoms with E-state index < -0.39 is 0 Å². The molecule has 0 atom stereocenters. The van der Waals surface area contributed by atoms with Gasteiger partial charge in [-0.15, -0.1) is 0 Å². The molecule has 1 fully saturated rings. The van der Waals surface area contributed by atoms with Gasteiger partial charge in [0, 0.05) is 36.4 Å². The highest BCUT2D eigenvalue weighted by Gasteiger charge is 2.25. The highest BCUT2D eigenvalue weighted by Crippen LogP contribution is 2.38. The van der Waals surface area contributed by atoms with Gasteiger partial charge in [0.25, 0.3) is 0 Å². The summed E-state index contributed by atoms with van der Waals surface area (Å²) in [6, 6.07) is 18.5. The van der Waals surface area contributed by atoms with Gasteiger partial charge in [0.05, 0.1) is 19.4 Å². The molecule has 5 heteroatoms. The zero-order chi connectivity index (χ0) is 23.3. The number of nitrogens with zero attached hydrogens (tertiary/aromatic N) is 2. The molecule has 0 spiro atoms. The first-order valence-electron chi connectivity index (χ1n) is 12.2. The van der Waals surface area contributed by atoms with Gasteiger partial charge in [0.1, 0.15) is 0 Å². The summed E-state index contributed by atoms with van der Waals surface area (Å²) >= 11 is 6.35. The zero-order valence-electron chi connectivity index (χ0n) is 19.7. The Bertz CT molecular complexity index is 1180. The largest absolute Gasteiger partial charge is 0.493 e. The lowest BCUT2D eigenvalue weighted by molar-refractivity contribution is 0.220. The van der Waals surface area contributed by atoms with Crippen molar-refractivity contribution >= 4 is 17.2 Å². The summed E-state index contributed by atoms with van der Waals surface area (Å²) in [5, 5.41) is 0.812. The van der Waals surface area contributed by atoms with Crippen LogP contribution in [0.2, 0.25) is 5.02 Å². The zero-order valence-corrected chi connectivity index (χ0v) is 20.5. The number of para-hydroxylation sites is 2. The normalized spacial score (nSPS) is 15.9. The van der Waals surface area contributed by atoms with Gasteiger partial charge >= 0.3 is 0 Å². The minimum Gasteiger partial charge on any atom is -0.493 e. The van der Waals surface area contributed by atoms with Gasteiger partial charge < -0.3 is 14.4 Å². The first kappa shape index (κ1) is 22.9. The Morgan fingerprint density at radius 3 is 2.53 bits per heavy atom. The van der Waals surface area contributed by atoms with E-state index in [2.05, 4.69) is 29.2 Å². The molecule has 2 aliphatic rings. The van der Waals surface area contributed by atoms with Gasteiger partial charge in [-0.1, -0.05) is 41.4 Å². The molecule has 0 bridgehead atoms. The van der Waals surface area contributed by atoms with Crippen LogP contribution in [-0.2, 0) is 12.8 Å². The Hall–Kier alpha value is -2.82. The van der Waals surface area contributed by atoms with Crippen LogP contribution in [0.15, 0.2) is 66.4 Å². The molecule has 1 aliphatic carbocycles. The first-order valence-corrected chi connectivity index (χ1v) is 12.5. The fourth-order valence-corrected chi connectivity index (χ4v) is 5.33. The quantitative estimate of drug-likeness (QED) is 0.398. The number of aryl methyl sites for hydroxylation is 2. The SMILES string of the molecule is COc1ccccc1OCCCN1CCC(=C2c3ccc(Cl)cc3CCc3cccnc32)CC1. The number of fused-ring (bicyclic) bond motifs is 2. The molecule has 34 heavy (non-hydrogen) atoms. The number of methoxy groups -OCH3 is 1. The monoisotopic (exact) mass is 474 g/mol. The van der Waals surface area contributed by atoms with Crippen LogP contribution in [0.4, 0.5) is 0 Å². The Labute approximate surface area is 207 Å². The summed E-state index contributed by atoms with van der Waals surface area (Å²) in [4.78, 5) is 7.40. The van der Waals surface area contributed by atoms with E-state index in [1.54, 1.807) is 7.11 Å². The van der Waals surface area contributed by atoms with Crippen LogP contribution in [-0.4, -0.2) is 43.2 Å². The van der Waals surface area contributed by atoms with E-state index in [4.69, 9.17) is 26.1 Å². The number of rotatable bonds is 6. The lowest BCUT2D eigenvalue weighted by Gasteiger charge is -2.30. The van der Waals surface area contributed by atoms with Crippen LogP contribution >= 0.6 is 11.6 Å². The third-order valence-electron chi connectivity index (χ3n) is 6.89. The molecule has 5 rings (SSSR count). The van der Waals surface area contributed by atoms with Gasteiger partial charge in [-0.25, -0.2) is 0 Å². The number of piperidine rings is 1. The predicted molar refractivity (Wildman–Crippen MR) is 138 cm³/mol. The van der Waals surface area contributed by atoms with Crippen molar-refractivity contribution in [2.75, 3.05) is 33.4 Å². The number of likely N-dealkylation sites (tertiary alicyclic amines) is 1. The fraction of sp³-hybridized carbons (Fsp3) is 0.345. The van der Waals surface area contributed by atoms with Crippen molar-refractivity contribution in [2.45, 2.75) is 32.1 Å². The van der Waals surface area contributed by atoms with Gasteiger partial charge in [-0.2, -0.15) is 0 Å². The van der Waals surface area contributed by atoms with Crippen molar-refractivity contribution in [3.05, 3.63) is 93.8 Å². The first-order chi connectivity index (χ1) is 16.7.